The Morgan fingerprint density at radius 3 is 2.33 bits per heavy atom. The Bertz CT molecular complexity index is 628. The highest BCUT2D eigenvalue weighted by Crippen LogP contribution is 2.24. The second kappa shape index (κ2) is 5.47. The molecule has 0 fully saturated rings. The summed E-state index contributed by atoms with van der Waals surface area (Å²) in [6, 6.07) is 4.59. The van der Waals surface area contributed by atoms with E-state index in [9.17, 15) is 18.0 Å². The van der Waals surface area contributed by atoms with Crippen LogP contribution in [0.5, 0.6) is 5.75 Å². The Morgan fingerprint density at radius 1 is 1.24 bits per heavy atom. The van der Waals surface area contributed by atoms with Gasteiger partial charge in [-0.1, -0.05) is 5.16 Å². The van der Waals surface area contributed by atoms with Crippen LogP contribution in [0.1, 0.15) is 21.8 Å². The van der Waals surface area contributed by atoms with Crippen LogP contribution in [0.25, 0.3) is 0 Å². The molecule has 0 saturated heterocycles. The van der Waals surface area contributed by atoms with Crippen molar-refractivity contribution >= 4 is 11.6 Å². The van der Waals surface area contributed by atoms with Crippen molar-refractivity contribution in [2.45, 2.75) is 20.2 Å². The lowest BCUT2D eigenvalue weighted by Gasteiger charge is -2.09. The summed E-state index contributed by atoms with van der Waals surface area (Å²) >= 11 is 0. The molecule has 1 amide bonds. The zero-order valence-electron chi connectivity index (χ0n) is 11.1. The average Bonchev–Trinajstić information content (AvgIpc) is 2.69. The van der Waals surface area contributed by atoms with Gasteiger partial charge in [0.2, 0.25) is 0 Å². The van der Waals surface area contributed by atoms with Crippen LogP contribution in [0.15, 0.2) is 28.8 Å². The van der Waals surface area contributed by atoms with Crippen LogP contribution >= 0.6 is 0 Å². The van der Waals surface area contributed by atoms with Gasteiger partial charge in [0.1, 0.15) is 17.1 Å². The average molecular weight is 300 g/mol. The van der Waals surface area contributed by atoms with Gasteiger partial charge in [0.25, 0.3) is 5.91 Å². The number of nitrogens with one attached hydrogen (secondary N) is 1. The molecule has 0 unspecified atom stereocenters. The highest BCUT2D eigenvalue weighted by Gasteiger charge is 2.31. The molecule has 1 N–H and O–H groups in total. The van der Waals surface area contributed by atoms with Crippen LogP contribution in [0.3, 0.4) is 0 Å². The summed E-state index contributed by atoms with van der Waals surface area (Å²) in [5.74, 6) is -0.433. The first-order valence-electron chi connectivity index (χ1n) is 5.86. The molecule has 0 aliphatic carbocycles. The second-order valence-electron chi connectivity index (χ2n) is 4.23. The van der Waals surface area contributed by atoms with Gasteiger partial charge in [0.05, 0.1) is 0 Å². The molecule has 0 bridgehead atoms. The molecule has 5 nitrogen and oxygen atoms in total. The molecule has 0 atom stereocenters. The lowest BCUT2D eigenvalue weighted by atomic mass is 10.2. The third-order valence-corrected chi connectivity index (χ3v) is 2.62. The first-order valence-corrected chi connectivity index (χ1v) is 5.86. The van der Waals surface area contributed by atoms with Crippen molar-refractivity contribution in [1.29, 1.82) is 0 Å². The fraction of sp³-hybridized carbons (Fsp3) is 0.231. The van der Waals surface area contributed by atoms with E-state index in [-0.39, 0.29) is 5.56 Å². The number of carbonyl (C=O) groups is 1. The van der Waals surface area contributed by atoms with Gasteiger partial charge < -0.3 is 14.6 Å². The van der Waals surface area contributed by atoms with Gasteiger partial charge in [-0.2, -0.15) is 0 Å². The molecular formula is C13H11F3N2O3. The highest BCUT2D eigenvalue weighted by molar-refractivity contribution is 6.04. The SMILES string of the molecule is Cc1noc(C)c1NC(=O)c1ccc(OC(F)(F)F)cc1. The summed E-state index contributed by atoms with van der Waals surface area (Å²) in [6.07, 6.45) is -4.76. The Balaban J connectivity index is 2.10. The van der Waals surface area contributed by atoms with Crippen molar-refractivity contribution in [3.8, 4) is 5.75 Å². The number of benzene rings is 1. The number of hydrogen-bond acceptors (Lipinski definition) is 4. The van der Waals surface area contributed by atoms with Crippen molar-refractivity contribution in [2.24, 2.45) is 0 Å². The van der Waals surface area contributed by atoms with E-state index in [1.807, 2.05) is 0 Å². The van der Waals surface area contributed by atoms with Gasteiger partial charge in [-0.05, 0) is 38.1 Å². The lowest BCUT2D eigenvalue weighted by molar-refractivity contribution is -0.274. The quantitative estimate of drug-likeness (QED) is 0.943. The van der Waals surface area contributed by atoms with Gasteiger partial charge in [0.15, 0.2) is 5.76 Å². The Hall–Kier alpha value is -2.51. The smallest absolute Gasteiger partial charge is 0.406 e. The maximum atomic E-state index is 12.0. The number of anilines is 1. The van der Waals surface area contributed by atoms with Gasteiger partial charge in [-0.25, -0.2) is 0 Å². The molecule has 0 spiro atoms. The van der Waals surface area contributed by atoms with Gasteiger partial charge in [-0.15, -0.1) is 13.2 Å². The summed E-state index contributed by atoms with van der Waals surface area (Å²) in [5, 5.41) is 6.27. The molecule has 0 saturated carbocycles. The van der Waals surface area contributed by atoms with Crippen molar-refractivity contribution in [1.82, 2.24) is 5.16 Å². The van der Waals surface area contributed by atoms with Crippen molar-refractivity contribution in [2.75, 3.05) is 5.32 Å². The van der Waals surface area contributed by atoms with Crippen molar-refractivity contribution in [3.63, 3.8) is 0 Å². The number of carbonyl (C=O) groups excluding carboxylic acids is 1. The van der Waals surface area contributed by atoms with Crippen LogP contribution < -0.4 is 10.1 Å². The normalized spacial score (nSPS) is 11.3. The highest BCUT2D eigenvalue weighted by atomic mass is 19.4. The van der Waals surface area contributed by atoms with Gasteiger partial charge in [-0.3, -0.25) is 4.79 Å². The molecule has 2 rings (SSSR count). The molecular weight excluding hydrogens is 289 g/mol. The van der Waals surface area contributed by atoms with Gasteiger partial charge >= 0.3 is 6.36 Å². The predicted molar refractivity (Wildman–Crippen MR) is 67.1 cm³/mol. The molecule has 21 heavy (non-hydrogen) atoms. The fourth-order valence-electron chi connectivity index (χ4n) is 1.66. The molecule has 0 aliphatic rings. The van der Waals surface area contributed by atoms with Crippen molar-refractivity contribution in [3.05, 3.63) is 41.3 Å². The molecule has 112 valence electrons. The Morgan fingerprint density at radius 2 is 1.86 bits per heavy atom. The molecule has 2 aromatic rings. The minimum atomic E-state index is -4.76. The number of ether oxygens (including phenoxy) is 1. The predicted octanol–water partition coefficient (Wildman–Crippen LogP) is 3.44. The number of aromatic nitrogens is 1. The maximum Gasteiger partial charge on any atom is 0.573 e. The zero-order valence-corrected chi connectivity index (χ0v) is 11.1. The maximum absolute atomic E-state index is 12.0. The van der Waals surface area contributed by atoms with Crippen LogP contribution in [0.2, 0.25) is 0 Å². The van der Waals surface area contributed by atoms with E-state index >= 15 is 0 Å². The second-order valence-corrected chi connectivity index (χ2v) is 4.23. The summed E-state index contributed by atoms with van der Waals surface area (Å²) in [5.41, 5.74) is 1.14. The first kappa shape index (κ1) is 14.9. The Kier molecular flexibility index (Phi) is 3.88. The number of hydrogen-bond donors (Lipinski definition) is 1. The largest absolute Gasteiger partial charge is 0.573 e. The summed E-state index contributed by atoms with van der Waals surface area (Å²) in [7, 11) is 0. The number of rotatable bonds is 3. The van der Waals surface area contributed by atoms with Crippen LogP contribution in [-0.4, -0.2) is 17.4 Å². The summed E-state index contributed by atoms with van der Waals surface area (Å²) in [6.45, 7) is 3.29. The van der Waals surface area contributed by atoms with Crippen LogP contribution in [0, 0.1) is 13.8 Å². The number of nitrogens with zero attached hydrogens (tertiary/aromatic N) is 1. The van der Waals surface area contributed by atoms with Gasteiger partial charge in [0, 0.05) is 5.56 Å². The topological polar surface area (TPSA) is 64.4 Å². The number of alkyl halides is 3. The number of halogens is 3. The summed E-state index contributed by atoms with van der Waals surface area (Å²) in [4.78, 5) is 12.0. The molecule has 0 radical (unpaired) electrons. The van der Waals surface area contributed by atoms with E-state index < -0.39 is 18.0 Å². The molecule has 1 heterocycles. The monoisotopic (exact) mass is 300 g/mol. The van der Waals surface area contributed by atoms with Crippen LogP contribution in [-0.2, 0) is 0 Å². The molecule has 0 aliphatic heterocycles. The molecule has 1 aromatic heterocycles. The first-order chi connectivity index (χ1) is 9.76. The zero-order chi connectivity index (χ0) is 15.6. The van der Waals surface area contributed by atoms with Crippen molar-refractivity contribution < 1.29 is 27.2 Å². The number of aryl methyl sites for hydroxylation is 2. The van der Waals surface area contributed by atoms with E-state index in [0.29, 0.717) is 17.1 Å². The van der Waals surface area contributed by atoms with Crippen LogP contribution in [0.4, 0.5) is 18.9 Å². The summed E-state index contributed by atoms with van der Waals surface area (Å²) < 4.78 is 44.7. The molecule has 1 aromatic carbocycles. The molecule has 8 heteroatoms. The van der Waals surface area contributed by atoms with E-state index in [2.05, 4.69) is 15.2 Å². The number of amides is 1. The standard InChI is InChI=1S/C13H11F3N2O3/c1-7-11(8(2)21-18-7)17-12(19)9-3-5-10(6-4-9)20-13(14,15)16/h3-6H,1-2H3,(H,17,19). The fourth-order valence-corrected chi connectivity index (χ4v) is 1.66. The van der Waals surface area contributed by atoms with E-state index in [1.165, 1.54) is 12.1 Å². The third kappa shape index (κ3) is 3.74. The lowest BCUT2D eigenvalue weighted by Crippen LogP contribution is -2.17. The minimum Gasteiger partial charge on any atom is -0.406 e. The van der Waals surface area contributed by atoms with E-state index in [4.69, 9.17) is 4.52 Å². The van der Waals surface area contributed by atoms with E-state index in [1.54, 1.807) is 13.8 Å². The minimum absolute atomic E-state index is 0.185. The Labute approximate surface area is 117 Å². The van der Waals surface area contributed by atoms with E-state index in [0.717, 1.165) is 12.1 Å². The third-order valence-electron chi connectivity index (χ3n) is 2.62.